The molecule has 1 N–H and O–H groups in total. The third kappa shape index (κ3) is 5.74. The van der Waals surface area contributed by atoms with Gasteiger partial charge in [0.25, 0.3) is 5.91 Å². The highest BCUT2D eigenvalue weighted by atomic mass is 16.5. The van der Waals surface area contributed by atoms with Crippen molar-refractivity contribution in [1.82, 2.24) is 10.4 Å². The molecule has 0 saturated carbocycles. The summed E-state index contributed by atoms with van der Waals surface area (Å²) in [6.07, 6.45) is 3.15. The van der Waals surface area contributed by atoms with E-state index >= 15 is 0 Å². The summed E-state index contributed by atoms with van der Waals surface area (Å²) in [6, 6.07) is 22.6. The number of para-hydroxylation sites is 1. The van der Waals surface area contributed by atoms with Gasteiger partial charge < -0.3 is 14.2 Å². The van der Waals surface area contributed by atoms with Gasteiger partial charge in [-0.1, -0.05) is 18.2 Å². The number of benzene rings is 3. The summed E-state index contributed by atoms with van der Waals surface area (Å²) in [4.78, 5) is 28.6. The predicted octanol–water partition coefficient (Wildman–Crippen LogP) is 3.99. The molecule has 1 amide bonds. The van der Waals surface area contributed by atoms with Crippen LogP contribution in [0, 0.1) is 0 Å². The molecule has 4 aromatic rings. The standard InChI is InChI=1S/C26H21N3O5/c1-32-21-13-9-20(10-14-21)26(31)34-22-11-7-18(8-12-22)16-28-29-24(30)17-33-23-6-2-4-19-5-3-15-27-25(19)23/h2-16H,17H2,1H3,(H,29,30)/b28-16-. The van der Waals surface area contributed by atoms with Crippen LogP contribution >= 0.6 is 0 Å². The molecule has 4 rings (SSSR count). The van der Waals surface area contributed by atoms with E-state index in [0.29, 0.717) is 33.9 Å². The van der Waals surface area contributed by atoms with Gasteiger partial charge in [-0.05, 0) is 66.2 Å². The van der Waals surface area contributed by atoms with E-state index in [2.05, 4.69) is 15.5 Å². The third-order valence-corrected chi connectivity index (χ3v) is 4.77. The Labute approximate surface area is 195 Å². The lowest BCUT2D eigenvalue weighted by atomic mass is 10.2. The molecule has 0 unspecified atom stereocenters. The highest BCUT2D eigenvalue weighted by Gasteiger charge is 2.09. The molecule has 0 spiro atoms. The summed E-state index contributed by atoms with van der Waals surface area (Å²) < 4.78 is 16.0. The van der Waals surface area contributed by atoms with Crippen LogP contribution in [0.5, 0.6) is 17.2 Å². The summed E-state index contributed by atoms with van der Waals surface area (Å²) in [6.45, 7) is -0.201. The topological polar surface area (TPSA) is 99.1 Å². The molecule has 0 aliphatic heterocycles. The number of methoxy groups -OCH3 is 1. The average Bonchev–Trinajstić information content (AvgIpc) is 2.88. The van der Waals surface area contributed by atoms with Crippen molar-refractivity contribution in [2.45, 2.75) is 0 Å². The van der Waals surface area contributed by atoms with Gasteiger partial charge in [0, 0.05) is 11.6 Å². The summed E-state index contributed by atoms with van der Waals surface area (Å²) in [5.74, 6) is 0.687. The van der Waals surface area contributed by atoms with Crippen LogP contribution in [0.3, 0.4) is 0 Å². The van der Waals surface area contributed by atoms with Gasteiger partial charge in [0.1, 0.15) is 22.8 Å². The number of rotatable bonds is 8. The number of aromatic nitrogens is 1. The van der Waals surface area contributed by atoms with Crippen molar-refractivity contribution >= 4 is 29.0 Å². The number of nitrogens with one attached hydrogen (secondary N) is 1. The van der Waals surface area contributed by atoms with E-state index in [-0.39, 0.29) is 6.61 Å². The van der Waals surface area contributed by atoms with Crippen molar-refractivity contribution in [2.75, 3.05) is 13.7 Å². The van der Waals surface area contributed by atoms with E-state index < -0.39 is 11.9 Å². The summed E-state index contributed by atoms with van der Waals surface area (Å²) >= 11 is 0. The molecule has 0 atom stereocenters. The summed E-state index contributed by atoms with van der Waals surface area (Å²) in [5, 5.41) is 4.86. The maximum absolute atomic E-state index is 12.2. The second kappa shape index (κ2) is 10.7. The first kappa shape index (κ1) is 22.5. The zero-order chi connectivity index (χ0) is 23.8. The van der Waals surface area contributed by atoms with Crippen LogP contribution in [0.15, 0.2) is 90.2 Å². The molecule has 1 heterocycles. The lowest BCUT2D eigenvalue weighted by molar-refractivity contribution is -0.123. The summed E-state index contributed by atoms with van der Waals surface area (Å²) in [7, 11) is 1.56. The molecule has 8 heteroatoms. The normalized spacial score (nSPS) is 10.7. The molecular formula is C26H21N3O5. The van der Waals surface area contributed by atoms with Crippen molar-refractivity contribution in [3.8, 4) is 17.2 Å². The molecule has 0 aliphatic carbocycles. The highest BCUT2D eigenvalue weighted by Crippen LogP contribution is 2.22. The maximum Gasteiger partial charge on any atom is 0.343 e. The number of fused-ring (bicyclic) bond motifs is 1. The van der Waals surface area contributed by atoms with Gasteiger partial charge in [0.2, 0.25) is 0 Å². The maximum atomic E-state index is 12.2. The van der Waals surface area contributed by atoms with Crippen molar-refractivity contribution in [1.29, 1.82) is 0 Å². The third-order valence-electron chi connectivity index (χ3n) is 4.77. The number of hydrogen-bond donors (Lipinski definition) is 1. The number of carbonyl (C=O) groups is 2. The van der Waals surface area contributed by atoms with Crippen LogP contribution < -0.4 is 19.6 Å². The Morgan fingerprint density at radius 2 is 1.68 bits per heavy atom. The smallest absolute Gasteiger partial charge is 0.343 e. The lowest BCUT2D eigenvalue weighted by Crippen LogP contribution is -2.24. The number of ether oxygens (including phenoxy) is 3. The molecule has 0 fully saturated rings. The van der Waals surface area contributed by atoms with Gasteiger partial charge >= 0.3 is 5.97 Å². The number of hydrazone groups is 1. The van der Waals surface area contributed by atoms with Gasteiger partial charge in [-0.25, -0.2) is 10.2 Å². The van der Waals surface area contributed by atoms with E-state index in [1.54, 1.807) is 67.9 Å². The van der Waals surface area contributed by atoms with Gasteiger partial charge in [-0.3, -0.25) is 9.78 Å². The number of esters is 1. The Bertz CT molecular complexity index is 1310. The quantitative estimate of drug-likeness (QED) is 0.187. The molecule has 0 saturated heterocycles. The Morgan fingerprint density at radius 3 is 2.44 bits per heavy atom. The fourth-order valence-corrected chi connectivity index (χ4v) is 3.06. The largest absolute Gasteiger partial charge is 0.497 e. The Balaban J connectivity index is 1.26. The first-order chi connectivity index (χ1) is 16.6. The predicted molar refractivity (Wildman–Crippen MR) is 127 cm³/mol. The number of amides is 1. The van der Waals surface area contributed by atoms with Gasteiger partial charge in [0.05, 0.1) is 18.9 Å². The zero-order valence-corrected chi connectivity index (χ0v) is 18.3. The van der Waals surface area contributed by atoms with E-state index in [9.17, 15) is 9.59 Å². The van der Waals surface area contributed by atoms with Crippen LogP contribution in [0.4, 0.5) is 0 Å². The van der Waals surface area contributed by atoms with Crippen molar-refractivity contribution in [2.24, 2.45) is 5.10 Å². The van der Waals surface area contributed by atoms with Gasteiger partial charge in [-0.2, -0.15) is 5.10 Å². The SMILES string of the molecule is COc1ccc(C(=O)Oc2ccc(/C=N\NC(=O)COc3cccc4cccnc34)cc2)cc1. The van der Waals surface area contributed by atoms with E-state index in [0.717, 1.165) is 5.39 Å². The molecule has 34 heavy (non-hydrogen) atoms. The fourth-order valence-electron chi connectivity index (χ4n) is 3.06. The van der Waals surface area contributed by atoms with Crippen molar-refractivity contribution in [3.05, 3.63) is 96.2 Å². The van der Waals surface area contributed by atoms with E-state index in [4.69, 9.17) is 14.2 Å². The molecule has 170 valence electrons. The molecule has 1 aromatic heterocycles. The van der Waals surface area contributed by atoms with Crippen LogP contribution in [-0.4, -0.2) is 36.8 Å². The number of nitrogens with zero attached hydrogens (tertiary/aromatic N) is 2. The Morgan fingerprint density at radius 1 is 0.941 bits per heavy atom. The minimum atomic E-state index is -0.474. The van der Waals surface area contributed by atoms with Gasteiger partial charge in [-0.15, -0.1) is 0 Å². The minimum Gasteiger partial charge on any atom is -0.497 e. The van der Waals surface area contributed by atoms with E-state index in [1.807, 2.05) is 24.3 Å². The van der Waals surface area contributed by atoms with Crippen molar-refractivity contribution < 1.29 is 23.8 Å². The molecule has 0 bridgehead atoms. The lowest BCUT2D eigenvalue weighted by Gasteiger charge is -2.07. The Hall–Kier alpha value is -4.72. The highest BCUT2D eigenvalue weighted by molar-refractivity contribution is 5.91. The van der Waals surface area contributed by atoms with Gasteiger partial charge in [0.15, 0.2) is 6.61 Å². The van der Waals surface area contributed by atoms with Crippen LogP contribution in [0.1, 0.15) is 15.9 Å². The minimum absolute atomic E-state index is 0.201. The Kier molecular flexibility index (Phi) is 7.09. The summed E-state index contributed by atoms with van der Waals surface area (Å²) in [5.41, 5.74) is 4.23. The van der Waals surface area contributed by atoms with E-state index in [1.165, 1.54) is 6.21 Å². The number of pyridine rings is 1. The fraction of sp³-hybridized carbons (Fsp3) is 0.0769. The second-order valence-corrected chi connectivity index (χ2v) is 7.10. The molecule has 3 aromatic carbocycles. The van der Waals surface area contributed by atoms with Crippen LogP contribution in [0.2, 0.25) is 0 Å². The van der Waals surface area contributed by atoms with Crippen LogP contribution in [-0.2, 0) is 4.79 Å². The first-order valence-electron chi connectivity index (χ1n) is 10.4. The molecule has 8 nitrogen and oxygen atoms in total. The molecular weight excluding hydrogens is 434 g/mol. The van der Waals surface area contributed by atoms with Crippen LogP contribution in [0.25, 0.3) is 10.9 Å². The average molecular weight is 455 g/mol. The second-order valence-electron chi connectivity index (χ2n) is 7.10. The monoisotopic (exact) mass is 455 g/mol. The number of carbonyl (C=O) groups excluding carboxylic acids is 2. The number of hydrogen-bond acceptors (Lipinski definition) is 7. The van der Waals surface area contributed by atoms with Crippen molar-refractivity contribution in [3.63, 3.8) is 0 Å². The first-order valence-corrected chi connectivity index (χ1v) is 10.4. The zero-order valence-electron chi connectivity index (χ0n) is 18.3. The molecule has 0 radical (unpaired) electrons. The molecule has 0 aliphatic rings.